The van der Waals surface area contributed by atoms with Crippen LogP contribution < -0.4 is 15.5 Å². The molecule has 2 amide bonds. The number of carbonyl (C=O) groups excluding carboxylic acids is 1. The summed E-state index contributed by atoms with van der Waals surface area (Å²) in [6.07, 6.45) is 10.2. The van der Waals surface area contributed by atoms with Gasteiger partial charge in [0.1, 0.15) is 5.82 Å². The van der Waals surface area contributed by atoms with E-state index >= 15 is 0 Å². The molecular weight excluding hydrogens is 304 g/mol. The molecule has 2 N–H and O–H groups in total. The molecule has 6 heteroatoms. The van der Waals surface area contributed by atoms with Gasteiger partial charge in [0, 0.05) is 37.9 Å². The van der Waals surface area contributed by atoms with Crippen LogP contribution in [0.2, 0.25) is 0 Å². The molecule has 2 aromatic rings. The summed E-state index contributed by atoms with van der Waals surface area (Å²) in [6.45, 7) is 3.08. The van der Waals surface area contributed by atoms with Crippen molar-refractivity contribution in [1.29, 1.82) is 0 Å². The maximum absolute atomic E-state index is 11.8. The third kappa shape index (κ3) is 4.75. The van der Waals surface area contributed by atoms with E-state index in [1.165, 1.54) is 25.7 Å². The summed E-state index contributed by atoms with van der Waals surface area (Å²) < 4.78 is 4.96. The number of pyridine rings is 1. The van der Waals surface area contributed by atoms with Crippen molar-refractivity contribution < 1.29 is 9.21 Å². The first-order valence-electron chi connectivity index (χ1n) is 8.54. The Kier molecular flexibility index (Phi) is 5.71. The lowest BCUT2D eigenvalue weighted by molar-refractivity contribution is 0.240. The van der Waals surface area contributed by atoms with Gasteiger partial charge in [-0.2, -0.15) is 0 Å². The Bertz CT molecular complexity index is 617. The third-order valence-corrected chi connectivity index (χ3v) is 4.23. The number of amides is 2. The van der Waals surface area contributed by atoms with Gasteiger partial charge in [0.2, 0.25) is 0 Å². The summed E-state index contributed by atoms with van der Waals surface area (Å²) in [6, 6.07) is 5.70. The molecule has 0 bridgehead atoms. The molecule has 0 spiro atoms. The molecule has 2 aromatic heterocycles. The number of hydrogen-bond acceptors (Lipinski definition) is 4. The van der Waals surface area contributed by atoms with E-state index in [0.29, 0.717) is 13.1 Å². The summed E-state index contributed by atoms with van der Waals surface area (Å²) in [5, 5.41) is 5.62. The number of aromatic nitrogens is 1. The summed E-state index contributed by atoms with van der Waals surface area (Å²) in [5.74, 6) is 1.03. The maximum atomic E-state index is 11.8. The number of nitrogens with zero attached hydrogens (tertiary/aromatic N) is 2. The molecular formula is C18H24N4O2. The lowest BCUT2D eigenvalue weighted by Gasteiger charge is -2.21. The molecule has 0 atom stereocenters. The highest BCUT2D eigenvalue weighted by Crippen LogP contribution is 2.17. The number of urea groups is 1. The first-order chi connectivity index (χ1) is 11.8. The summed E-state index contributed by atoms with van der Waals surface area (Å²) >= 11 is 0. The number of nitrogens with one attached hydrogen (secondary N) is 2. The van der Waals surface area contributed by atoms with Crippen LogP contribution >= 0.6 is 0 Å². The zero-order valence-corrected chi connectivity index (χ0v) is 13.8. The Morgan fingerprint density at radius 3 is 2.42 bits per heavy atom. The fourth-order valence-corrected chi connectivity index (χ4v) is 2.83. The van der Waals surface area contributed by atoms with Crippen molar-refractivity contribution in [3.05, 3.63) is 48.0 Å². The van der Waals surface area contributed by atoms with Gasteiger partial charge in [0.15, 0.2) is 0 Å². The molecule has 1 fully saturated rings. The van der Waals surface area contributed by atoms with E-state index in [9.17, 15) is 4.79 Å². The Balaban J connectivity index is 1.44. The van der Waals surface area contributed by atoms with E-state index in [2.05, 4.69) is 20.5 Å². The molecule has 1 saturated heterocycles. The van der Waals surface area contributed by atoms with Crippen molar-refractivity contribution in [2.24, 2.45) is 0 Å². The summed E-state index contributed by atoms with van der Waals surface area (Å²) in [4.78, 5) is 18.7. The van der Waals surface area contributed by atoms with Crippen LogP contribution in [0.3, 0.4) is 0 Å². The van der Waals surface area contributed by atoms with Crippen molar-refractivity contribution in [3.63, 3.8) is 0 Å². The quantitative estimate of drug-likeness (QED) is 0.885. The van der Waals surface area contributed by atoms with Crippen LogP contribution in [0.1, 0.15) is 36.8 Å². The standard InChI is InChI=1S/C18H24N4O2/c23-18(21-13-16-7-10-24-14-16)20-12-15-5-6-17(19-11-15)22-8-3-1-2-4-9-22/h5-7,10-11,14H,1-4,8-9,12-13H2,(H2,20,21,23). The van der Waals surface area contributed by atoms with Crippen molar-refractivity contribution in [1.82, 2.24) is 15.6 Å². The van der Waals surface area contributed by atoms with Crippen LogP contribution in [0.15, 0.2) is 41.3 Å². The van der Waals surface area contributed by atoms with Gasteiger partial charge in [-0.15, -0.1) is 0 Å². The van der Waals surface area contributed by atoms with Gasteiger partial charge in [-0.1, -0.05) is 18.9 Å². The zero-order chi connectivity index (χ0) is 16.6. The lowest BCUT2D eigenvalue weighted by Crippen LogP contribution is -2.34. The van der Waals surface area contributed by atoms with Gasteiger partial charge < -0.3 is 20.0 Å². The molecule has 6 nitrogen and oxygen atoms in total. The van der Waals surface area contributed by atoms with Crippen molar-refractivity contribution in [2.75, 3.05) is 18.0 Å². The van der Waals surface area contributed by atoms with E-state index in [1.54, 1.807) is 12.5 Å². The monoisotopic (exact) mass is 328 g/mol. The second-order valence-corrected chi connectivity index (χ2v) is 6.09. The number of anilines is 1. The Labute approximate surface area is 142 Å². The average molecular weight is 328 g/mol. The van der Waals surface area contributed by atoms with E-state index in [-0.39, 0.29) is 6.03 Å². The largest absolute Gasteiger partial charge is 0.472 e. The van der Waals surface area contributed by atoms with Gasteiger partial charge in [0.25, 0.3) is 0 Å². The minimum Gasteiger partial charge on any atom is -0.472 e. The van der Waals surface area contributed by atoms with Crippen LogP contribution in [-0.4, -0.2) is 24.1 Å². The Morgan fingerprint density at radius 1 is 1.04 bits per heavy atom. The van der Waals surface area contributed by atoms with E-state index in [0.717, 1.165) is 30.0 Å². The second-order valence-electron chi connectivity index (χ2n) is 6.09. The highest BCUT2D eigenvalue weighted by molar-refractivity contribution is 5.73. The smallest absolute Gasteiger partial charge is 0.315 e. The average Bonchev–Trinajstić information content (AvgIpc) is 2.99. The molecule has 0 aliphatic carbocycles. The fraction of sp³-hybridized carbons (Fsp3) is 0.444. The van der Waals surface area contributed by atoms with Crippen molar-refractivity contribution >= 4 is 11.8 Å². The van der Waals surface area contributed by atoms with Crippen LogP contribution in [0.25, 0.3) is 0 Å². The van der Waals surface area contributed by atoms with Gasteiger partial charge >= 0.3 is 6.03 Å². The third-order valence-electron chi connectivity index (χ3n) is 4.23. The van der Waals surface area contributed by atoms with Gasteiger partial charge in [0.05, 0.1) is 12.5 Å². The van der Waals surface area contributed by atoms with Gasteiger partial charge in [-0.25, -0.2) is 9.78 Å². The Morgan fingerprint density at radius 2 is 1.79 bits per heavy atom. The van der Waals surface area contributed by atoms with E-state index < -0.39 is 0 Å². The first-order valence-corrected chi connectivity index (χ1v) is 8.54. The Hall–Kier alpha value is -2.50. The van der Waals surface area contributed by atoms with Gasteiger partial charge in [-0.05, 0) is 30.5 Å². The van der Waals surface area contributed by atoms with Crippen molar-refractivity contribution in [2.45, 2.75) is 38.8 Å². The minimum absolute atomic E-state index is 0.201. The minimum atomic E-state index is -0.201. The first kappa shape index (κ1) is 16.4. The van der Waals surface area contributed by atoms with Gasteiger partial charge in [-0.3, -0.25) is 0 Å². The lowest BCUT2D eigenvalue weighted by atomic mass is 10.2. The molecule has 24 heavy (non-hydrogen) atoms. The highest BCUT2D eigenvalue weighted by atomic mass is 16.3. The van der Waals surface area contributed by atoms with Crippen molar-refractivity contribution in [3.8, 4) is 0 Å². The van der Waals surface area contributed by atoms with E-state index in [1.807, 2.05) is 24.4 Å². The topological polar surface area (TPSA) is 70.4 Å². The molecule has 0 unspecified atom stereocenters. The molecule has 0 aromatic carbocycles. The molecule has 128 valence electrons. The van der Waals surface area contributed by atoms with Crippen LogP contribution in [-0.2, 0) is 13.1 Å². The highest BCUT2D eigenvalue weighted by Gasteiger charge is 2.10. The molecule has 3 rings (SSSR count). The predicted octanol–water partition coefficient (Wildman–Crippen LogP) is 3.05. The van der Waals surface area contributed by atoms with Crippen LogP contribution in [0, 0.1) is 0 Å². The predicted molar refractivity (Wildman–Crippen MR) is 92.7 cm³/mol. The second kappa shape index (κ2) is 8.38. The van der Waals surface area contributed by atoms with Crippen LogP contribution in [0.4, 0.5) is 10.6 Å². The maximum Gasteiger partial charge on any atom is 0.315 e. The molecule has 0 saturated carbocycles. The molecule has 1 aliphatic rings. The number of carbonyl (C=O) groups is 1. The fourth-order valence-electron chi connectivity index (χ4n) is 2.83. The molecule has 0 radical (unpaired) electrons. The normalized spacial score (nSPS) is 14.9. The molecule has 3 heterocycles. The number of furan rings is 1. The summed E-state index contributed by atoms with van der Waals surface area (Å²) in [5.41, 5.74) is 1.93. The molecule has 1 aliphatic heterocycles. The van der Waals surface area contributed by atoms with Crippen LogP contribution in [0.5, 0.6) is 0 Å². The number of hydrogen-bond donors (Lipinski definition) is 2. The zero-order valence-electron chi connectivity index (χ0n) is 13.8. The van der Waals surface area contributed by atoms with E-state index in [4.69, 9.17) is 4.42 Å². The SMILES string of the molecule is O=C(NCc1ccc(N2CCCCCC2)nc1)NCc1ccoc1. The number of rotatable bonds is 5. The summed E-state index contributed by atoms with van der Waals surface area (Å²) in [7, 11) is 0.